The molecule has 0 heterocycles. The normalized spacial score (nSPS) is 11.5. The lowest BCUT2D eigenvalue weighted by Crippen LogP contribution is -2.49. The second kappa shape index (κ2) is 7.20. The Bertz CT molecular complexity index is 319. The zero-order valence-electron chi connectivity index (χ0n) is 11.2. The Labute approximate surface area is 110 Å². The Balaban J connectivity index is 4.87. The van der Waals surface area contributed by atoms with Crippen molar-refractivity contribution in [3.8, 4) is 0 Å². The minimum absolute atomic E-state index is 0.0344. The van der Waals surface area contributed by atoms with Gasteiger partial charge in [0, 0.05) is 13.1 Å². The van der Waals surface area contributed by atoms with Gasteiger partial charge in [-0.15, -0.1) is 0 Å². The molecule has 0 saturated heterocycles. The molecule has 0 aromatic carbocycles. The quantitative estimate of drug-likeness (QED) is 0.812. The van der Waals surface area contributed by atoms with Crippen LogP contribution < -0.4 is 0 Å². The van der Waals surface area contributed by atoms with Crippen LogP contribution >= 0.6 is 0 Å². The molecule has 0 unspecified atom stereocenters. The van der Waals surface area contributed by atoms with E-state index in [0.29, 0.717) is 4.90 Å². The summed E-state index contributed by atoms with van der Waals surface area (Å²) in [5.41, 5.74) is 0. The number of hydrogen-bond donors (Lipinski definition) is 1. The Kier molecular flexibility index (Phi) is 6.64. The van der Waals surface area contributed by atoms with E-state index in [-0.39, 0.29) is 19.0 Å². The molecule has 5 nitrogen and oxygen atoms in total. The predicted octanol–water partition coefficient (Wildman–Crippen LogP) is 2.03. The number of urea groups is 1. The molecule has 0 atom stereocenters. The minimum atomic E-state index is -4.50. The second-order valence-corrected chi connectivity index (χ2v) is 4.58. The number of carboxylic acids is 1. The molecule has 0 aliphatic carbocycles. The molecule has 1 N–H and O–H groups in total. The van der Waals surface area contributed by atoms with Crippen LogP contribution in [0.15, 0.2) is 0 Å². The number of hydrogen-bond acceptors (Lipinski definition) is 2. The summed E-state index contributed by atoms with van der Waals surface area (Å²) in [6.07, 6.45) is -4.50. The van der Waals surface area contributed by atoms with E-state index in [0.717, 1.165) is 4.90 Å². The van der Waals surface area contributed by atoms with Gasteiger partial charge in [-0.1, -0.05) is 13.8 Å². The second-order valence-electron chi connectivity index (χ2n) is 4.58. The Morgan fingerprint density at radius 2 is 1.74 bits per heavy atom. The maximum absolute atomic E-state index is 12.3. The third-order valence-electron chi connectivity index (χ3n) is 2.20. The van der Waals surface area contributed by atoms with E-state index in [1.54, 1.807) is 13.8 Å². The molecule has 0 aliphatic heterocycles. The summed E-state index contributed by atoms with van der Waals surface area (Å²) in [7, 11) is 0. The summed E-state index contributed by atoms with van der Waals surface area (Å²) in [5.74, 6) is -1.29. The van der Waals surface area contributed by atoms with Gasteiger partial charge in [0.05, 0.1) is 0 Å². The van der Waals surface area contributed by atoms with Crippen LogP contribution in [-0.2, 0) is 4.79 Å². The molecule has 2 amide bonds. The highest BCUT2D eigenvalue weighted by Crippen LogP contribution is 2.17. The van der Waals surface area contributed by atoms with Crippen LogP contribution in [0, 0.1) is 5.92 Å². The topological polar surface area (TPSA) is 60.9 Å². The smallest absolute Gasteiger partial charge is 0.406 e. The average molecular weight is 284 g/mol. The van der Waals surface area contributed by atoms with Crippen LogP contribution in [0.4, 0.5) is 18.0 Å². The fourth-order valence-corrected chi connectivity index (χ4v) is 1.55. The summed E-state index contributed by atoms with van der Waals surface area (Å²) >= 11 is 0. The van der Waals surface area contributed by atoms with E-state index in [9.17, 15) is 22.8 Å². The summed E-state index contributed by atoms with van der Waals surface area (Å²) in [4.78, 5) is 24.1. The Hall–Kier alpha value is -1.47. The Morgan fingerprint density at radius 3 is 2.05 bits per heavy atom. The number of alkyl halides is 3. The van der Waals surface area contributed by atoms with Crippen LogP contribution in [0.1, 0.15) is 20.8 Å². The molecule has 0 rings (SSSR count). The first-order valence-corrected chi connectivity index (χ1v) is 5.89. The fraction of sp³-hybridized carbons (Fsp3) is 0.818. The lowest BCUT2D eigenvalue weighted by Gasteiger charge is -2.30. The number of nitrogens with zero attached hydrogens (tertiary/aromatic N) is 2. The zero-order chi connectivity index (χ0) is 15.2. The van der Waals surface area contributed by atoms with Crippen molar-refractivity contribution in [1.29, 1.82) is 0 Å². The van der Waals surface area contributed by atoms with Crippen LogP contribution in [0.25, 0.3) is 0 Å². The first-order valence-electron chi connectivity index (χ1n) is 5.89. The molecule has 0 aromatic rings. The highest BCUT2D eigenvalue weighted by Gasteiger charge is 2.34. The highest BCUT2D eigenvalue weighted by molar-refractivity contribution is 5.80. The molecule has 0 aromatic heterocycles. The van der Waals surface area contributed by atoms with Gasteiger partial charge in [-0.3, -0.25) is 4.79 Å². The number of carboxylic acid groups (broad SMARTS) is 1. The third-order valence-corrected chi connectivity index (χ3v) is 2.20. The van der Waals surface area contributed by atoms with Crippen molar-refractivity contribution < 1.29 is 27.9 Å². The molecule has 0 radical (unpaired) electrons. The molecule has 0 saturated carbocycles. The summed E-state index contributed by atoms with van der Waals surface area (Å²) in [6.45, 7) is 2.90. The Morgan fingerprint density at radius 1 is 1.21 bits per heavy atom. The SMILES string of the molecule is CCN(CC(F)(F)F)C(=O)N(CC(=O)O)CC(C)C. The van der Waals surface area contributed by atoms with E-state index < -0.39 is 31.3 Å². The van der Waals surface area contributed by atoms with Crippen molar-refractivity contribution >= 4 is 12.0 Å². The molecule has 0 aliphatic rings. The first kappa shape index (κ1) is 17.5. The molecular formula is C11H19F3N2O3. The summed E-state index contributed by atoms with van der Waals surface area (Å²) in [5, 5.41) is 8.70. The van der Waals surface area contributed by atoms with Crippen molar-refractivity contribution in [3.05, 3.63) is 0 Å². The third kappa shape index (κ3) is 7.53. The van der Waals surface area contributed by atoms with Crippen LogP contribution in [0.2, 0.25) is 0 Å². The maximum atomic E-state index is 12.3. The number of halogens is 3. The van der Waals surface area contributed by atoms with Gasteiger partial charge >= 0.3 is 18.2 Å². The molecule has 0 fully saturated rings. The number of carbonyl (C=O) groups excluding carboxylic acids is 1. The maximum Gasteiger partial charge on any atom is 0.406 e. The van der Waals surface area contributed by atoms with Gasteiger partial charge in [0.2, 0.25) is 0 Å². The number of aliphatic carboxylic acids is 1. The largest absolute Gasteiger partial charge is 0.480 e. The van der Waals surface area contributed by atoms with Crippen LogP contribution in [0.3, 0.4) is 0 Å². The number of carbonyl (C=O) groups is 2. The standard InChI is InChI=1S/C11H19F3N2O3/c1-4-15(7-11(12,13)14)10(19)16(5-8(2)3)6-9(17)18/h8H,4-7H2,1-3H3,(H,17,18). The van der Waals surface area contributed by atoms with Gasteiger partial charge in [-0.2, -0.15) is 13.2 Å². The van der Waals surface area contributed by atoms with Crippen LogP contribution in [-0.4, -0.2) is 59.3 Å². The van der Waals surface area contributed by atoms with E-state index in [2.05, 4.69) is 0 Å². The number of rotatable bonds is 6. The molecule has 0 spiro atoms. The molecular weight excluding hydrogens is 265 g/mol. The van der Waals surface area contributed by atoms with E-state index in [1.165, 1.54) is 6.92 Å². The van der Waals surface area contributed by atoms with Gasteiger partial charge in [0.25, 0.3) is 0 Å². The van der Waals surface area contributed by atoms with Crippen molar-refractivity contribution in [2.24, 2.45) is 5.92 Å². The van der Waals surface area contributed by atoms with Crippen molar-refractivity contribution in [2.75, 3.05) is 26.2 Å². The fourth-order valence-electron chi connectivity index (χ4n) is 1.55. The van der Waals surface area contributed by atoms with Gasteiger partial charge in [-0.05, 0) is 12.8 Å². The number of amides is 2. The van der Waals surface area contributed by atoms with Gasteiger partial charge in [0.15, 0.2) is 0 Å². The lowest BCUT2D eigenvalue weighted by molar-refractivity contribution is -0.141. The lowest BCUT2D eigenvalue weighted by atomic mass is 10.2. The molecule has 112 valence electrons. The van der Waals surface area contributed by atoms with Crippen molar-refractivity contribution in [3.63, 3.8) is 0 Å². The molecule has 0 bridgehead atoms. The summed E-state index contributed by atoms with van der Waals surface area (Å²) in [6, 6.07) is -0.907. The predicted molar refractivity (Wildman–Crippen MR) is 62.7 cm³/mol. The van der Waals surface area contributed by atoms with Crippen molar-refractivity contribution in [2.45, 2.75) is 26.9 Å². The average Bonchev–Trinajstić information content (AvgIpc) is 2.21. The van der Waals surface area contributed by atoms with Gasteiger partial charge < -0.3 is 14.9 Å². The highest BCUT2D eigenvalue weighted by atomic mass is 19.4. The first-order chi connectivity index (χ1) is 8.56. The van der Waals surface area contributed by atoms with Gasteiger partial charge in [0.1, 0.15) is 13.1 Å². The zero-order valence-corrected chi connectivity index (χ0v) is 11.2. The molecule has 19 heavy (non-hydrogen) atoms. The minimum Gasteiger partial charge on any atom is -0.480 e. The van der Waals surface area contributed by atoms with E-state index in [4.69, 9.17) is 5.11 Å². The van der Waals surface area contributed by atoms with E-state index in [1.807, 2.05) is 0 Å². The van der Waals surface area contributed by atoms with Crippen molar-refractivity contribution in [1.82, 2.24) is 9.80 Å². The van der Waals surface area contributed by atoms with Crippen LogP contribution in [0.5, 0.6) is 0 Å². The summed E-state index contributed by atoms with van der Waals surface area (Å²) < 4.78 is 36.9. The monoisotopic (exact) mass is 284 g/mol. The molecule has 8 heteroatoms. The van der Waals surface area contributed by atoms with E-state index >= 15 is 0 Å². The van der Waals surface area contributed by atoms with Gasteiger partial charge in [-0.25, -0.2) is 4.79 Å².